The third kappa shape index (κ3) is 4.39. The Bertz CT molecular complexity index is 482. The number of hydrogen-bond donors (Lipinski definition) is 1. The molecule has 1 atom stereocenters. The van der Waals surface area contributed by atoms with Gasteiger partial charge in [-0.3, -0.25) is 9.59 Å². The van der Waals surface area contributed by atoms with Crippen LogP contribution in [0.2, 0.25) is 0 Å². The maximum absolute atomic E-state index is 11.9. The molecule has 1 N–H and O–H groups in total. The first kappa shape index (κ1) is 15.2. The van der Waals surface area contributed by atoms with Gasteiger partial charge in [0.25, 0.3) is 0 Å². The Morgan fingerprint density at radius 3 is 2.53 bits per heavy atom. The third-order valence-corrected chi connectivity index (χ3v) is 3.24. The van der Waals surface area contributed by atoms with Crippen LogP contribution in [0.4, 0.5) is 0 Å². The largest absolute Gasteiger partial charge is 0.481 e. The molecule has 19 heavy (non-hydrogen) atoms. The van der Waals surface area contributed by atoms with Crippen molar-refractivity contribution in [1.29, 1.82) is 0 Å². The Morgan fingerprint density at radius 1 is 1.32 bits per heavy atom. The molecule has 0 aliphatic carbocycles. The second kappa shape index (κ2) is 6.36. The van der Waals surface area contributed by atoms with Crippen LogP contribution < -0.4 is 0 Å². The van der Waals surface area contributed by atoms with Gasteiger partial charge in [0.15, 0.2) is 0 Å². The normalized spacial score (nSPS) is 12.0. The molecule has 104 valence electrons. The minimum atomic E-state index is -0.937. The van der Waals surface area contributed by atoms with Crippen LogP contribution in [0.3, 0.4) is 0 Å². The number of carboxylic acids is 1. The van der Waals surface area contributed by atoms with E-state index in [0.717, 1.165) is 16.7 Å². The van der Waals surface area contributed by atoms with Crippen LogP contribution in [-0.4, -0.2) is 28.9 Å². The highest BCUT2D eigenvalue weighted by atomic mass is 16.4. The van der Waals surface area contributed by atoms with E-state index in [-0.39, 0.29) is 12.3 Å². The van der Waals surface area contributed by atoms with Gasteiger partial charge in [-0.25, -0.2) is 0 Å². The highest BCUT2D eigenvalue weighted by Crippen LogP contribution is 2.14. The Hall–Kier alpha value is -1.84. The number of aliphatic carboxylic acids is 1. The summed E-state index contributed by atoms with van der Waals surface area (Å²) in [6.07, 6.45) is 0.0384. The van der Waals surface area contributed by atoms with Crippen molar-refractivity contribution >= 4 is 11.9 Å². The molecule has 1 amide bonds. The molecule has 1 aromatic carbocycles. The number of carboxylic acid groups (broad SMARTS) is 1. The van der Waals surface area contributed by atoms with Crippen LogP contribution in [0.15, 0.2) is 18.2 Å². The van der Waals surface area contributed by atoms with Crippen LogP contribution in [0, 0.1) is 19.8 Å². The highest BCUT2D eigenvalue weighted by molar-refractivity contribution is 5.81. The van der Waals surface area contributed by atoms with Gasteiger partial charge < -0.3 is 10.0 Å². The van der Waals surface area contributed by atoms with Crippen LogP contribution >= 0.6 is 0 Å². The van der Waals surface area contributed by atoms with Crippen molar-refractivity contribution < 1.29 is 14.7 Å². The minimum absolute atomic E-state index is 0.0384. The molecular formula is C15H21NO3. The van der Waals surface area contributed by atoms with Crippen molar-refractivity contribution in [2.45, 2.75) is 33.7 Å². The maximum Gasteiger partial charge on any atom is 0.306 e. The summed E-state index contributed by atoms with van der Waals surface area (Å²) in [5, 5.41) is 8.81. The summed E-state index contributed by atoms with van der Waals surface area (Å²) in [5.74, 6) is -1.72. The Labute approximate surface area is 114 Å². The Balaban J connectivity index is 2.68. The summed E-state index contributed by atoms with van der Waals surface area (Å²) in [5.41, 5.74) is 3.38. The van der Waals surface area contributed by atoms with Crippen molar-refractivity contribution in [3.63, 3.8) is 0 Å². The summed E-state index contributed by atoms with van der Waals surface area (Å²) in [6.45, 7) is 6.08. The first-order chi connectivity index (χ1) is 8.81. The number of carbonyl (C=O) groups excluding carboxylic acids is 1. The van der Waals surface area contributed by atoms with E-state index in [1.807, 2.05) is 26.0 Å². The quantitative estimate of drug-likeness (QED) is 0.887. The van der Waals surface area contributed by atoms with Crippen LogP contribution in [0.5, 0.6) is 0 Å². The third-order valence-electron chi connectivity index (χ3n) is 3.24. The molecular weight excluding hydrogens is 242 g/mol. The van der Waals surface area contributed by atoms with Gasteiger partial charge >= 0.3 is 5.97 Å². The average molecular weight is 263 g/mol. The lowest BCUT2D eigenvalue weighted by Crippen LogP contribution is -2.29. The van der Waals surface area contributed by atoms with Gasteiger partial charge in [0.1, 0.15) is 0 Å². The number of hydrogen-bond acceptors (Lipinski definition) is 2. The molecule has 0 saturated carbocycles. The smallest absolute Gasteiger partial charge is 0.306 e. The predicted octanol–water partition coefficient (Wildman–Crippen LogP) is 2.37. The van der Waals surface area contributed by atoms with E-state index in [0.29, 0.717) is 6.54 Å². The molecule has 0 heterocycles. The lowest BCUT2D eigenvalue weighted by Gasteiger charge is -2.20. The summed E-state index contributed by atoms with van der Waals surface area (Å²) >= 11 is 0. The van der Waals surface area contributed by atoms with E-state index in [1.165, 1.54) is 0 Å². The van der Waals surface area contributed by atoms with E-state index in [2.05, 4.69) is 6.07 Å². The van der Waals surface area contributed by atoms with Crippen molar-refractivity contribution in [1.82, 2.24) is 4.90 Å². The zero-order chi connectivity index (χ0) is 14.6. The highest BCUT2D eigenvalue weighted by Gasteiger charge is 2.18. The van der Waals surface area contributed by atoms with E-state index >= 15 is 0 Å². The first-order valence-corrected chi connectivity index (χ1v) is 6.34. The van der Waals surface area contributed by atoms with Gasteiger partial charge in [-0.1, -0.05) is 30.7 Å². The van der Waals surface area contributed by atoms with Gasteiger partial charge in [-0.2, -0.15) is 0 Å². The topological polar surface area (TPSA) is 57.6 Å². The molecule has 0 fully saturated rings. The SMILES string of the molecule is Cc1ccc(C)c(CN(C)C(=O)CC(C)C(=O)O)c1. The molecule has 0 saturated heterocycles. The molecule has 1 rings (SSSR count). The van der Waals surface area contributed by atoms with E-state index in [1.54, 1.807) is 18.9 Å². The van der Waals surface area contributed by atoms with Gasteiger partial charge in [-0.15, -0.1) is 0 Å². The van der Waals surface area contributed by atoms with Gasteiger partial charge in [0, 0.05) is 20.0 Å². The molecule has 4 heteroatoms. The summed E-state index contributed by atoms with van der Waals surface area (Å²) in [6, 6.07) is 6.12. The number of carbonyl (C=O) groups is 2. The van der Waals surface area contributed by atoms with Crippen molar-refractivity contribution in [3.05, 3.63) is 34.9 Å². The summed E-state index contributed by atoms with van der Waals surface area (Å²) < 4.78 is 0. The maximum atomic E-state index is 11.9. The lowest BCUT2D eigenvalue weighted by atomic mass is 10.0. The Kier molecular flexibility index (Phi) is 5.10. The molecule has 0 bridgehead atoms. The molecule has 1 aromatic rings. The zero-order valence-corrected chi connectivity index (χ0v) is 11.9. The molecule has 0 aliphatic heterocycles. The van der Waals surface area contributed by atoms with Gasteiger partial charge in [-0.05, 0) is 25.0 Å². The van der Waals surface area contributed by atoms with Crippen molar-refractivity contribution in [3.8, 4) is 0 Å². The fourth-order valence-corrected chi connectivity index (χ4v) is 1.82. The fourth-order valence-electron chi connectivity index (χ4n) is 1.82. The number of aryl methyl sites for hydroxylation is 2. The van der Waals surface area contributed by atoms with Crippen LogP contribution in [0.25, 0.3) is 0 Å². The standard InChI is InChI=1S/C15H21NO3/c1-10-5-6-11(2)13(7-10)9-16(4)14(17)8-12(3)15(18)19/h5-7,12H,8-9H2,1-4H3,(H,18,19). The van der Waals surface area contributed by atoms with E-state index < -0.39 is 11.9 Å². The van der Waals surface area contributed by atoms with E-state index in [4.69, 9.17) is 5.11 Å². The molecule has 0 radical (unpaired) electrons. The molecule has 1 unspecified atom stereocenters. The van der Waals surface area contributed by atoms with Crippen molar-refractivity contribution in [2.24, 2.45) is 5.92 Å². The number of amides is 1. The van der Waals surface area contributed by atoms with Crippen LogP contribution in [-0.2, 0) is 16.1 Å². The minimum Gasteiger partial charge on any atom is -0.481 e. The number of nitrogens with zero attached hydrogens (tertiary/aromatic N) is 1. The molecule has 0 aromatic heterocycles. The zero-order valence-electron chi connectivity index (χ0n) is 11.9. The average Bonchev–Trinajstić information content (AvgIpc) is 2.33. The predicted molar refractivity (Wildman–Crippen MR) is 73.8 cm³/mol. The van der Waals surface area contributed by atoms with Gasteiger partial charge in [0.2, 0.25) is 5.91 Å². The molecule has 4 nitrogen and oxygen atoms in total. The van der Waals surface area contributed by atoms with Crippen molar-refractivity contribution in [2.75, 3.05) is 7.05 Å². The van der Waals surface area contributed by atoms with E-state index in [9.17, 15) is 9.59 Å². The second-order valence-electron chi connectivity index (χ2n) is 5.12. The second-order valence-corrected chi connectivity index (χ2v) is 5.12. The summed E-state index contributed by atoms with van der Waals surface area (Å²) in [7, 11) is 1.71. The fraction of sp³-hybridized carbons (Fsp3) is 0.467. The lowest BCUT2D eigenvalue weighted by molar-refractivity contribution is -0.145. The van der Waals surface area contributed by atoms with Gasteiger partial charge in [0.05, 0.1) is 5.92 Å². The Morgan fingerprint density at radius 2 is 1.95 bits per heavy atom. The molecule has 0 aliphatic rings. The first-order valence-electron chi connectivity index (χ1n) is 6.34. The number of rotatable bonds is 5. The number of benzene rings is 1. The van der Waals surface area contributed by atoms with Crippen LogP contribution in [0.1, 0.15) is 30.0 Å². The monoisotopic (exact) mass is 263 g/mol. The summed E-state index contributed by atoms with van der Waals surface area (Å²) in [4.78, 5) is 24.2. The molecule has 0 spiro atoms.